The predicted octanol–water partition coefficient (Wildman–Crippen LogP) is 11.1. The molecule has 7 aromatic carbocycles. The van der Waals surface area contributed by atoms with Gasteiger partial charge in [-0.3, -0.25) is 0 Å². The minimum Gasteiger partial charge on any atom is -0.312 e. The van der Waals surface area contributed by atoms with Crippen molar-refractivity contribution in [2.45, 2.75) is 151 Å². The fourth-order valence-electron chi connectivity index (χ4n) is 13.5. The van der Waals surface area contributed by atoms with E-state index in [0.29, 0.717) is 5.92 Å². The van der Waals surface area contributed by atoms with Crippen LogP contribution in [0.25, 0.3) is 0 Å². The smallest absolute Gasteiger partial charge is 0.252 e. The van der Waals surface area contributed by atoms with Gasteiger partial charge in [-0.25, -0.2) is 0 Å². The molecule has 0 amide bonds. The van der Waals surface area contributed by atoms with Crippen molar-refractivity contribution in [1.29, 1.82) is 0 Å². The molecule has 3 nitrogen and oxygen atoms in total. The van der Waals surface area contributed by atoms with E-state index in [1.165, 1.54) is 134 Å². The van der Waals surface area contributed by atoms with E-state index < -0.39 is 0 Å². The summed E-state index contributed by atoms with van der Waals surface area (Å²) in [6.07, 6.45) is 0. The number of anilines is 9. The maximum absolute atomic E-state index is 2.76. The summed E-state index contributed by atoms with van der Waals surface area (Å²) in [6.45, 7) is 40.5. The topological polar surface area (TPSA) is 9.72 Å². The van der Waals surface area contributed by atoms with Crippen molar-refractivity contribution in [3.63, 3.8) is 0 Å². The Bertz CT molecular complexity index is 3390. The quantitative estimate of drug-likeness (QED) is 0.152. The summed E-state index contributed by atoms with van der Waals surface area (Å²) < 4.78 is 0. The van der Waals surface area contributed by atoms with Crippen LogP contribution in [-0.2, 0) is 27.1 Å². The maximum atomic E-state index is 2.76. The molecule has 13 rings (SSSR count). The van der Waals surface area contributed by atoms with Gasteiger partial charge >= 0.3 is 0 Å². The molecule has 354 valence electrons. The monoisotopic (exact) mass is 926 g/mol. The van der Waals surface area contributed by atoms with E-state index in [1.807, 2.05) is 0 Å². The number of benzene rings is 7. The largest absolute Gasteiger partial charge is 0.312 e. The number of hydrogen-bond acceptors (Lipinski definition) is 3. The Kier molecular flexibility index (Phi) is 8.88. The van der Waals surface area contributed by atoms with E-state index in [-0.39, 0.29) is 47.2 Å². The van der Waals surface area contributed by atoms with Crippen molar-refractivity contribution in [3.05, 3.63) is 143 Å². The molecule has 0 radical (unpaired) electrons. The van der Waals surface area contributed by atoms with Gasteiger partial charge in [0.2, 0.25) is 0 Å². The lowest BCUT2D eigenvalue weighted by atomic mass is 9.24. The van der Waals surface area contributed by atoms with E-state index in [1.54, 1.807) is 0 Å². The van der Waals surface area contributed by atoms with Crippen LogP contribution in [0.1, 0.15) is 157 Å². The fourth-order valence-corrected chi connectivity index (χ4v) is 13.5. The summed E-state index contributed by atoms with van der Waals surface area (Å²) in [5.74, 6) is 0.390. The number of nitrogens with zero attached hydrogens (tertiary/aromatic N) is 3. The third-order valence-electron chi connectivity index (χ3n) is 17.6. The van der Waals surface area contributed by atoms with E-state index in [9.17, 15) is 0 Å². The van der Waals surface area contributed by atoms with Gasteiger partial charge in [0.05, 0.1) is 0 Å². The average Bonchev–Trinajstić information content (AvgIpc) is 3.30. The standard InChI is InChI=1S/C65H70B3N3/c1-36(2)37-18-24-49-43(30-37)66-44-31-38(61(3,4)5)19-25-50(44)70-52-27-21-40(63(9,10)11)33-46(52)68-48-35-42(65(15,16)17)23-29-54(48)71-53-28-22-41(64(12,13)14)34-47(53)67-45-32-39(62(6,7)8)20-26-51(45)69(49)58-55(66)59(70)57(68)60(71)56(58)67/h18-36H,1-17H3. The zero-order valence-electron chi connectivity index (χ0n) is 45.5. The van der Waals surface area contributed by atoms with E-state index in [4.69, 9.17) is 0 Å². The van der Waals surface area contributed by atoms with Gasteiger partial charge in [0.25, 0.3) is 20.1 Å². The van der Waals surface area contributed by atoms with Gasteiger partial charge in [-0.15, -0.1) is 0 Å². The van der Waals surface area contributed by atoms with Crippen LogP contribution in [0.3, 0.4) is 0 Å². The van der Waals surface area contributed by atoms with Gasteiger partial charge in [0.15, 0.2) is 0 Å². The van der Waals surface area contributed by atoms with E-state index in [0.717, 1.165) is 0 Å². The van der Waals surface area contributed by atoms with Gasteiger partial charge < -0.3 is 14.7 Å². The Morgan fingerprint density at radius 3 is 0.718 bits per heavy atom. The maximum Gasteiger partial charge on any atom is 0.252 e. The molecule has 0 fully saturated rings. The second-order valence-electron chi connectivity index (χ2n) is 27.7. The molecule has 0 saturated heterocycles. The molecule has 6 aliphatic rings. The van der Waals surface area contributed by atoms with E-state index in [2.05, 4.69) is 242 Å². The SMILES string of the molecule is CC(C)c1ccc2c(c1)B1c3cc(C(C)(C)C)ccc3N3c4ccc(C(C)(C)C)cc4B4c5cc(C(C)(C)C)ccc5N5c6ccc(C(C)(C)C)cc6B6c7cc(C(C)(C)C)ccc7N2c2c1c3c4c5c26. The van der Waals surface area contributed by atoms with Gasteiger partial charge in [0, 0.05) is 51.2 Å². The summed E-state index contributed by atoms with van der Waals surface area (Å²) in [5.41, 5.74) is 33.1. The van der Waals surface area contributed by atoms with Crippen molar-refractivity contribution in [2.75, 3.05) is 14.7 Å². The van der Waals surface area contributed by atoms with Crippen LogP contribution in [0.2, 0.25) is 0 Å². The van der Waals surface area contributed by atoms with Crippen LogP contribution in [0.4, 0.5) is 51.2 Å². The molecule has 7 aromatic rings. The molecule has 0 N–H and O–H groups in total. The summed E-state index contributed by atoms with van der Waals surface area (Å²) in [6, 6.07) is 45.3. The first-order chi connectivity index (χ1) is 33.2. The van der Waals surface area contributed by atoms with Crippen molar-refractivity contribution >= 4 is 120 Å². The molecule has 6 heteroatoms. The molecular weight excluding hydrogens is 855 g/mol. The highest BCUT2D eigenvalue weighted by Crippen LogP contribution is 2.52. The average molecular weight is 926 g/mol. The molecule has 0 spiro atoms. The van der Waals surface area contributed by atoms with Gasteiger partial charge in [-0.05, 0) is 152 Å². The summed E-state index contributed by atoms with van der Waals surface area (Å²) in [5, 5.41) is 0. The second-order valence-corrected chi connectivity index (χ2v) is 27.7. The lowest BCUT2D eigenvalue weighted by Gasteiger charge is -2.56. The van der Waals surface area contributed by atoms with Crippen LogP contribution in [-0.4, -0.2) is 20.1 Å². The van der Waals surface area contributed by atoms with Crippen LogP contribution < -0.4 is 63.9 Å². The first-order valence-corrected chi connectivity index (χ1v) is 26.7. The highest BCUT2D eigenvalue weighted by molar-refractivity contribution is 7.09. The molecule has 71 heavy (non-hydrogen) atoms. The molecule has 0 atom stereocenters. The summed E-state index contributed by atoms with van der Waals surface area (Å²) in [7, 11) is 0. The molecule has 0 bridgehead atoms. The van der Waals surface area contributed by atoms with Gasteiger partial charge in [0.1, 0.15) is 0 Å². The van der Waals surface area contributed by atoms with E-state index >= 15 is 0 Å². The highest BCUT2D eigenvalue weighted by atomic mass is 15.2. The minimum atomic E-state index is -0.0314. The molecule has 6 heterocycles. The van der Waals surface area contributed by atoms with Crippen LogP contribution >= 0.6 is 0 Å². The Hall–Kier alpha value is -5.87. The Morgan fingerprint density at radius 1 is 0.296 bits per heavy atom. The highest BCUT2D eigenvalue weighted by Gasteiger charge is 2.58. The van der Waals surface area contributed by atoms with Crippen molar-refractivity contribution in [3.8, 4) is 0 Å². The number of hydrogen-bond donors (Lipinski definition) is 0. The van der Waals surface area contributed by atoms with Crippen molar-refractivity contribution in [1.82, 2.24) is 0 Å². The third-order valence-corrected chi connectivity index (χ3v) is 17.6. The first-order valence-electron chi connectivity index (χ1n) is 26.7. The minimum absolute atomic E-state index is 0.0231. The number of rotatable bonds is 1. The van der Waals surface area contributed by atoms with Crippen LogP contribution in [0.15, 0.2) is 109 Å². The molecular formula is C65H70B3N3. The molecule has 0 saturated carbocycles. The Morgan fingerprint density at radius 2 is 0.507 bits per heavy atom. The molecule has 6 aliphatic heterocycles. The second kappa shape index (κ2) is 14.0. The predicted molar refractivity (Wildman–Crippen MR) is 312 cm³/mol. The molecule has 0 aliphatic carbocycles. The Labute approximate surface area is 426 Å². The third kappa shape index (κ3) is 6.06. The summed E-state index contributed by atoms with van der Waals surface area (Å²) in [4.78, 5) is 8.28. The normalized spacial score (nSPS) is 15.6. The fraction of sp³-hybridized carbons (Fsp3) is 0.354. The zero-order valence-corrected chi connectivity index (χ0v) is 45.5. The lowest BCUT2D eigenvalue weighted by molar-refractivity contribution is 0.590. The first kappa shape index (κ1) is 45.0. The Balaban J connectivity index is 1.28. The number of fused-ring (bicyclic) bond motifs is 18. The van der Waals surface area contributed by atoms with Gasteiger partial charge in [-0.1, -0.05) is 190 Å². The van der Waals surface area contributed by atoms with Crippen LogP contribution in [0.5, 0.6) is 0 Å². The van der Waals surface area contributed by atoms with Crippen molar-refractivity contribution < 1.29 is 0 Å². The lowest BCUT2D eigenvalue weighted by Crippen LogP contribution is -2.75. The van der Waals surface area contributed by atoms with Crippen LogP contribution in [0, 0.1) is 0 Å². The molecule has 0 aromatic heterocycles. The zero-order chi connectivity index (χ0) is 50.1. The summed E-state index contributed by atoms with van der Waals surface area (Å²) >= 11 is 0. The van der Waals surface area contributed by atoms with Crippen molar-refractivity contribution in [2.24, 2.45) is 0 Å². The van der Waals surface area contributed by atoms with Gasteiger partial charge in [-0.2, -0.15) is 0 Å². The molecule has 0 unspecified atom stereocenters.